The summed E-state index contributed by atoms with van der Waals surface area (Å²) >= 11 is 0. The molecule has 4 aromatic heterocycles. The number of rotatable bonds is 8. The van der Waals surface area contributed by atoms with E-state index < -0.39 is 5.60 Å². The van der Waals surface area contributed by atoms with Gasteiger partial charge >= 0.3 is 5.97 Å². The third kappa shape index (κ3) is 8.84. The molecule has 4 fully saturated rings. The number of fused-ring (bicyclic) bond motifs is 2. The molecule has 12 heteroatoms. The highest BCUT2D eigenvalue weighted by molar-refractivity contribution is 5.85. The van der Waals surface area contributed by atoms with Crippen LogP contribution >= 0.6 is 12.4 Å². The monoisotopic (exact) mass is 693 g/mol. The molecule has 4 aliphatic carbocycles. The summed E-state index contributed by atoms with van der Waals surface area (Å²) in [6, 6.07) is 9.54. The maximum Gasteiger partial charge on any atom is 0.306 e. The van der Waals surface area contributed by atoms with Gasteiger partial charge in [0.15, 0.2) is 11.3 Å². The number of nitrogens with zero attached hydrogens (tertiary/aromatic N) is 6. The summed E-state index contributed by atoms with van der Waals surface area (Å²) in [5, 5.41) is 16.0. The van der Waals surface area contributed by atoms with Crippen molar-refractivity contribution in [1.29, 1.82) is 0 Å². The van der Waals surface area contributed by atoms with Crippen LogP contribution in [0.2, 0.25) is 0 Å². The number of hydrogen-bond donors (Lipinski definition) is 3. The van der Waals surface area contributed by atoms with Crippen molar-refractivity contribution in [2.75, 3.05) is 10.6 Å². The Hall–Kier alpha value is -3.44. The number of hydrogen-bond acceptors (Lipinski definition) is 9. The first-order valence-electron chi connectivity index (χ1n) is 17.9. The maximum absolute atomic E-state index is 12.0. The fourth-order valence-electron chi connectivity index (χ4n) is 7.77. The molecule has 0 saturated heterocycles. The second kappa shape index (κ2) is 15.6. The van der Waals surface area contributed by atoms with Gasteiger partial charge < -0.3 is 21.1 Å². The molecule has 8 rings (SSSR count). The SMILES string of the molecule is C.CC(C)(C)OC(=O)CC1CC(Nc2cc(C3CCCC3)nc3ccnn23)C1.Cl.NC1CC(Nc2cc(C3CCCC3)nc3ccnn23)C1. The second-order valence-electron chi connectivity index (χ2n) is 15.3. The van der Waals surface area contributed by atoms with Crippen molar-refractivity contribution in [2.45, 2.75) is 147 Å². The molecular weight excluding hydrogens is 638 g/mol. The number of carbonyl (C=O) groups is 1. The Morgan fingerprint density at radius 2 is 1.27 bits per heavy atom. The third-order valence-corrected chi connectivity index (χ3v) is 10.3. The summed E-state index contributed by atoms with van der Waals surface area (Å²) in [5.41, 5.74) is 9.73. The Labute approximate surface area is 297 Å². The number of ether oxygens (including phenoxy) is 1. The Bertz CT molecular complexity index is 1670. The highest BCUT2D eigenvalue weighted by atomic mass is 35.5. The number of nitrogens with two attached hydrogens (primary N) is 1. The van der Waals surface area contributed by atoms with E-state index in [0.29, 0.717) is 42.3 Å². The smallest absolute Gasteiger partial charge is 0.306 e. The molecule has 0 amide bonds. The van der Waals surface area contributed by atoms with Crippen molar-refractivity contribution < 1.29 is 9.53 Å². The molecule has 0 bridgehead atoms. The van der Waals surface area contributed by atoms with Gasteiger partial charge in [0.2, 0.25) is 0 Å². The summed E-state index contributed by atoms with van der Waals surface area (Å²) in [5.74, 6) is 3.60. The number of halogens is 1. The van der Waals surface area contributed by atoms with Crippen molar-refractivity contribution in [1.82, 2.24) is 29.2 Å². The molecule has 49 heavy (non-hydrogen) atoms. The minimum absolute atomic E-state index is 0. The van der Waals surface area contributed by atoms with Gasteiger partial charge in [0.1, 0.15) is 17.2 Å². The van der Waals surface area contributed by atoms with E-state index in [1.165, 1.54) is 62.8 Å². The van der Waals surface area contributed by atoms with Gasteiger partial charge in [-0.2, -0.15) is 19.2 Å². The van der Waals surface area contributed by atoms with Crippen LogP contribution in [0, 0.1) is 5.92 Å². The number of nitrogens with one attached hydrogen (secondary N) is 2. The van der Waals surface area contributed by atoms with Crippen LogP contribution in [0.3, 0.4) is 0 Å². The normalized spacial score (nSPS) is 23.8. The molecule has 4 heterocycles. The van der Waals surface area contributed by atoms with Gasteiger partial charge in [-0.1, -0.05) is 33.1 Å². The fraction of sp³-hybridized carbons (Fsp3) is 0.649. The fourth-order valence-corrected chi connectivity index (χ4v) is 7.77. The minimum Gasteiger partial charge on any atom is -0.460 e. The van der Waals surface area contributed by atoms with Crippen LogP contribution in [0.25, 0.3) is 11.3 Å². The maximum atomic E-state index is 12.0. The zero-order chi connectivity index (χ0) is 32.5. The topological polar surface area (TPSA) is 137 Å². The largest absolute Gasteiger partial charge is 0.460 e. The van der Waals surface area contributed by atoms with E-state index in [9.17, 15) is 4.79 Å². The summed E-state index contributed by atoms with van der Waals surface area (Å²) < 4.78 is 9.23. The Kier molecular flexibility index (Phi) is 11.7. The van der Waals surface area contributed by atoms with Gasteiger partial charge in [-0.15, -0.1) is 12.4 Å². The quantitative estimate of drug-likeness (QED) is 0.159. The molecular formula is C37H56ClN9O2. The van der Waals surface area contributed by atoms with Crippen molar-refractivity contribution in [2.24, 2.45) is 11.7 Å². The molecule has 0 unspecified atom stereocenters. The van der Waals surface area contributed by atoms with Gasteiger partial charge in [0, 0.05) is 72.0 Å². The Morgan fingerprint density at radius 3 is 1.69 bits per heavy atom. The summed E-state index contributed by atoms with van der Waals surface area (Å²) in [4.78, 5) is 21.6. The van der Waals surface area contributed by atoms with Crippen LogP contribution in [0.5, 0.6) is 0 Å². The van der Waals surface area contributed by atoms with Gasteiger partial charge in [0.05, 0.1) is 12.4 Å². The summed E-state index contributed by atoms with van der Waals surface area (Å²) in [6.07, 6.45) is 18.5. The molecule has 268 valence electrons. The van der Waals surface area contributed by atoms with E-state index in [2.05, 4.69) is 33.0 Å². The second-order valence-corrected chi connectivity index (χ2v) is 15.3. The lowest BCUT2D eigenvalue weighted by Gasteiger charge is -2.36. The first kappa shape index (κ1) is 36.8. The highest BCUT2D eigenvalue weighted by Crippen LogP contribution is 2.37. The average Bonchev–Trinajstić information content (AvgIpc) is 3.82. The molecule has 0 spiro atoms. The zero-order valence-corrected chi connectivity index (χ0v) is 29.4. The Balaban J connectivity index is 0.000000191. The number of anilines is 2. The molecule has 4 N–H and O–H groups in total. The van der Waals surface area contributed by atoms with Crippen molar-refractivity contribution in [3.05, 3.63) is 48.0 Å². The van der Waals surface area contributed by atoms with Crippen LogP contribution in [0.15, 0.2) is 36.7 Å². The lowest BCUT2D eigenvalue weighted by Crippen LogP contribution is -2.44. The van der Waals surface area contributed by atoms with E-state index in [4.69, 9.17) is 20.4 Å². The molecule has 4 saturated carbocycles. The van der Waals surface area contributed by atoms with Crippen LogP contribution < -0.4 is 16.4 Å². The van der Waals surface area contributed by atoms with Crippen LogP contribution in [-0.4, -0.2) is 58.9 Å². The van der Waals surface area contributed by atoms with Crippen LogP contribution in [0.4, 0.5) is 11.6 Å². The van der Waals surface area contributed by atoms with Gasteiger partial charge in [-0.25, -0.2) is 9.97 Å². The van der Waals surface area contributed by atoms with E-state index >= 15 is 0 Å². The first-order valence-corrected chi connectivity index (χ1v) is 17.9. The third-order valence-electron chi connectivity index (χ3n) is 10.3. The van der Waals surface area contributed by atoms with Crippen molar-refractivity contribution in [3.8, 4) is 0 Å². The van der Waals surface area contributed by atoms with Gasteiger partial charge in [-0.3, -0.25) is 4.79 Å². The van der Waals surface area contributed by atoms with Gasteiger partial charge in [-0.05, 0) is 78.1 Å². The van der Waals surface area contributed by atoms with E-state index in [0.717, 1.165) is 48.6 Å². The number of aromatic nitrogens is 6. The first-order chi connectivity index (χ1) is 22.7. The Morgan fingerprint density at radius 1 is 0.816 bits per heavy atom. The van der Waals surface area contributed by atoms with Crippen LogP contribution in [0.1, 0.15) is 135 Å². The standard InChI is InChI=1S/C21H30N4O2.C15H21N5.CH4.ClH/c1-21(2,3)27-20(26)12-14-10-16(11-14)23-19-13-17(15-6-4-5-7-15)24-18-8-9-22-25(18)19;16-11-7-12(8-11)18-15-9-13(10-3-1-2-4-10)19-14-5-6-17-20(14)15;;/h8-9,13-16,23H,4-7,10-12H2,1-3H3;5-6,9-12,18H,1-4,7-8,16H2;1H4;1H. The molecule has 0 aromatic carbocycles. The molecule has 0 aliphatic heterocycles. The predicted octanol–water partition coefficient (Wildman–Crippen LogP) is 7.66. The van der Waals surface area contributed by atoms with E-state index in [-0.39, 0.29) is 25.8 Å². The van der Waals surface area contributed by atoms with Crippen LogP contribution in [-0.2, 0) is 9.53 Å². The molecule has 0 atom stereocenters. The zero-order valence-electron chi connectivity index (χ0n) is 28.6. The lowest BCUT2D eigenvalue weighted by atomic mass is 9.78. The molecule has 11 nitrogen and oxygen atoms in total. The summed E-state index contributed by atoms with van der Waals surface area (Å²) in [7, 11) is 0. The molecule has 0 radical (unpaired) electrons. The van der Waals surface area contributed by atoms with Crippen molar-refractivity contribution in [3.63, 3.8) is 0 Å². The lowest BCUT2D eigenvalue weighted by molar-refractivity contribution is -0.156. The molecule has 4 aromatic rings. The number of esters is 1. The average molecular weight is 694 g/mol. The minimum atomic E-state index is -0.405. The predicted molar refractivity (Wildman–Crippen MR) is 198 cm³/mol. The van der Waals surface area contributed by atoms with E-state index in [1.807, 2.05) is 48.1 Å². The van der Waals surface area contributed by atoms with Crippen molar-refractivity contribution >= 4 is 41.3 Å². The van der Waals surface area contributed by atoms with E-state index in [1.54, 1.807) is 6.20 Å². The summed E-state index contributed by atoms with van der Waals surface area (Å²) in [6.45, 7) is 5.74. The highest BCUT2D eigenvalue weighted by Gasteiger charge is 2.33. The van der Waals surface area contributed by atoms with Gasteiger partial charge in [0.25, 0.3) is 0 Å². The number of carbonyl (C=O) groups excluding carboxylic acids is 1. The molecule has 4 aliphatic rings.